The summed E-state index contributed by atoms with van der Waals surface area (Å²) < 4.78 is 38.7. The van der Waals surface area contributed by atoms with Crippen molar-refractivity contribution in [2.24, 2.45) is 0 Å². The third kappa shape index (κ3) is 1.70. The van der Waals surface area contributed by atoms with Crippen molar-refractivity contribution in [2.45, 2.75) is 24.6 Å². The van der Waals surface area contributed by atoms with Gasteiger partial charge in [0.2, 0.25) is 0 Å². The van der Waals surface area contributed by atoms with Crippen LogP contribution in [0.1, 0.15) is 12.8 Å². The van der Waals surface area contributed by atoms with Crippen LogP contribution in [0.4, 0.5) is 19.0 Å². The largest absolute Gasteiger partial charge is 0.411 e. The maximum atomic E-state index is 12.9. The van der Waals surface area contributed by atoms with E-state index in [9.17, 15) is 13.2 Å². The third-order valence-corrected chi connectivity index (χ3v) is 3.32. The van der Waals surface area contributed by atoms with E-state index in [0.29, 0.717) is 5.82 Å². The normalized spacial score (nSPS) is 17.7. The molecule has 0 bridgehead atoms. The Kier molecular flexibility index (Phi) is 2.27. The average Bonchev–Trinajstić information content (AvgIpc) is 3.10. The zero-order chi connectivity index (χ0) is 12.8. The van der Waals surface area contributed by atoms with Crippen molar-refractivity contribution < 1.29 is 13.2 Å². The van der Waals surface area contributed by atoms with Gasteiger partial charge in [0.25, 0.3) is 0 Å². The van der Waals surface area contributed by atoms with Gasteiger partial charge < -0.3 is 5.32 Å². The molecule has 1 heterocycles. The molecule has 1 aromatic carbocycles. The molecular formula is C13H11F3N2. The standard InChI is InChI=1S/C13H11F3N2/c14-13(15,16)12(6-7-12)18-11-10-4-2-1-3-9(10)5-8-17-11/h1-5,8H,6-7H2,(H,17,18). The van der Waals surface area contributed by atoms with Crippen LogP contribution in [0.5, 0.6) is 0 Å². The fourth-order valence-corrected chi connectivity index (χ4v) is 2.05. The molecule has 2 nitrogen and oxygen atoms in total. The van der Waals surface area contributed by atoms with Crippen LogP contribution in [0.15, 0.2) is 36.5 Å². The molecule has 1 aliphatic rings. The van der Waals surface area contributed by atoms with Crippen molar-refractivity contribution in [2.75, 3.05) is 5.32 Å². The number of anilines is 1. The lowest BCUT2D eigenvalue weighted by atomic mass is 10.1. The molecule has 2 aromatic rings. The highest BCUT2D eigenvalue weighted by molar-refractivity contribution is 5.92. The van der Waals surface area contributed by atoms with Gasteiger partial charge in [-0.1, -0.05) is 24.3 Å². The maximum Gasteiger partial charge on any atom is 0.411 e. The molecule has 3 rings (SSSR count). The molecule has 0 saturated heterocycles. The Labute approximate surface area is 102 Å². The second kappa shape index (κ2) is 3.60. The quantitative estimate of drug-likeness (QED) is 0.880. The molecule has 5 heteroatoms. The Bertz CT molecular complexity index is 583. The molecule has 18 heavy (non-hydrogen) atoms. The number of nitrogens with one attached hydrogen (secondary N) is 1. The van der Waals surface area contributed by atoms with Gasteiger partial charge in [0.05, 0.1) is 0 Å². The first-order valence-corrected chi connectivity index (χ1v) is 5.71. The van der Waals surface area contributed by atoms with Crippen molar-refractivity contribution in [3.63, 3.8) is 0 Å². The maximum absolute atomic E-state index is 12.9. The molecule has 1 aliphatic carbocycles. The van der Waals surface area contributed by atoms with Gasteiger partial charge in [0.1, 0.15) is 11.4 Å². The first-order valence-electron chi connectivity index (χ1n) is 5.71. The van der Waals surface area contributed by atoms with Crippen molar-refractivity contribution in [1.82, 2.24) is 4.98 Å². The number of benzene rings is 1. The fraction of sp³-hybridized carbons (Fsp3) is 0.308. The highest BCUT2D eigenvalue weighted by Crippen LogP contribution is 2.51. The second-order valence-electron chi connectivity index (χ2n) is 4.59. The van der Waals surface area contributed by atoms with Crippen LogP contribution in [0.3, 0.4) is 0 Å². The van der Waals surface area contributed by atoms with E-state index in [1.54, 1.807) is 18.2 Å². The van der Waals surface area contributed by atoms with Gasteiger partial charge in [0, 0.05) is 11.6 Å². The summed E-state index contributed by atoms with van der Waals surface area (Å²) in [5.74, 6) is 0.308. The van der Waals surface area contributed by atoms with E-state index in [2.05, 4.69) is 10.3 Å². The Morgan fingerprint density at radius 2 is 1.83 bits per heavy atom. The first kappa shape index (κ1) is 11.3. The molecule has 0 spiro atoms. The minimum atomic E-state index is -4.23. The van der Waals surface area contributed by atoms with Gasteiger partial charge in [-0.05, 0) is 24.3 Å². The lowest BCUT2D eigenvalue weighted by Gasteiger charge is -2.22. The van der Waals surface area contributed by atoms with Gasteiger partial charge in [-0.3, -0.25) is 0 Å². The van der Waals surface area contributed by atoms with Crippen molar-refractivity contribution in [3.8, 4) is 0 Å². The number of hydrogen-bond acceptors (Lipinski definition) is 2. The molecule has 1 aromatic heterocycles. The van der Waals surface area contributed by atoms with Crippen molar-refractivity contribution >= 4 is 16.6 Å². The zero-order valence-corrected chi connectivity index (χ0v) is 9.46. The first-order chi connectivity index (χ1) is 8.52. The number of alkyl halides is 3. The van der Waals surface area contributed by atoms with Gasteiger partial charge in [-0.2, -0.15) is 13.2 Å². The van der Waals surface area contributed by atoms with E-state index in [-0.39, 0.29) is 12.8 Å². The zero-order valence-electron chi connectivity index (χ0n) is 9.46. The Hall–Kier alpha value is -1.78. The van der Waals surface area contributed by atoms with Crippen LogP contribution >= 0.6 is 0 Å². The molecule has 0 atom stereocenters. The van der Waals surface area contributed by atoms with Crippen LogP contribution in [0, 0.1) is 0 Å². The SMILES string of the molecule is FC(F)(F)C1(Nc2nccc3ccccc23)CC1. The van der Waals surface area contributed by atoms with E-state index in [1.165, 1.54) is 6.20 Å². The molecule has 94 valence electrons. The summed E-state index contributed by atoms with van der Waals surface area (Å²) in [5, 5.41) is 4.18. The van der Waals surface area contributed by atoms with Crippen LogP contribution in [-0.2, 0) is 0 Å². The number of aromatic nitrogens is 1. The molecule has 1 fully saturated rings. The van der Waals surface area contributed by atoms with Crippen LogP contribution in [0.25, 0.3) is 10.8 Å². The van der Waals surface area contributed by atoms with Crippen LogP contribution in [-0.4, -0.2) is 16.7 Å². The molecule has 1 saturated carbocycles. The number of fused-ring (bicyclic) bond motifs is 1. The van der Waals surface area contributed by atoms with Gasteiger partial charge in [-0.25, -0.2) is 4.98 Å². The molecule has 0 amide bonds. The Morgan fingerprint density at radius 1 is 1.11 bits per heavy atom. The number of rotatable bonds is 2. The number of pyridine rings is 1. The number of hydrogen-bond donors (Lipinski definition) is 1. The van der Waals surface area contributed by atoms with E-state index in [0.717, 1.165) is 10.8 Å². The smallest absolute Gasteiger partial charge is 0.356 e. The summed E-state index contributed by atoms with van der Waals surface area (Å²) in [4.78, 5) is 4.03. The van der Waals surface area contributed by atoms with E-state index in [4.69, 9.17) is 0 Å². The fourth-order valence-electron chi connectivity index (χ4n) is 2.05. The molecular weight excluding hydrogens is 241 g/mol. The molecule has 1 N–H and O–H groups in total. The third-order valence-electron chi connectivity index (χ3n) is 3.32. The summed E-state index contributed by atoms with van der Waals surface area (Å²) in [6.07, 6.45) is -2.48. The number of halogens is 3. The molecule has 0 unspecified atom stereocenters. The van der Waals surface area contributed by atoms with Crippen LogP contribution in [0.2, 0.25) is 0 Å². The predicted octanol–water partition coefficient (Wildman–Crippen LogP) is 3.74. The lowest BCUT2D eigenvalue weighted by Crippen LogP contribution is -2.38. The minimum absolute atomic E-state index is 0.113. The monoisotopic (exact) mass is 252 g/mol. The predicted molar refractivity (Wildman–Crippen MR) is 63.4 cm³/mol. The van der Waals surface area contributed by atoms with Crippen molar-refractivity contribution in [3.05, 3.63) is 36.5 Å². The van der Waals surface area contributed by atoms with Crippen LogP contribution < -0.4 is 5.32 Å². The van der Waals surface area contributed by atoms with E-state index < -0.39 is 11.7 Å². The minimum Gasteiger partial charge on any atom is -0.356 e. The summed E-state index contributed by atoms with van der Waals surface area (Å²) in [5.41, 5.74) is -1.77. The van der Waals surface area contributed by atoms with Gasteiger partial charge in [0.15, 0.2) is 0 Å². The highest BCUT2D eigenvalue weighted by atomic mass is 19.4. The summed E-state index contributed by atoms with van der Waals surface area (Å²) in [7, 11) is 0. The highest BCUT2D eigenvalue weighted by Gasteiger charge is 2.63. The average molecular weight is 252 g/mol. The van der Waals surface area contributed by atoms with E-state index in [1.807, 2.05) is 12.1 Å². The molecule has 0 aliphatic heterocycles. The van der Waals surface area contributed by atoms with Gasteiger partial charge in [-0.15, -0.1) is 0 Å². The Morgan fingerprint density at radius 3 is 2.50 bits per heavy atom. The summed E-state index contributed by atoms with van der Waals surface area (Å²) >= 11 is 0. The summed E-state index contributed by atoms with van der Waals surface area (Å²) in [6.45, 7) is 0. The molecule has 0 radical (unpaired) electrons. The Balaban J connectivity index is 2.01. The topological polar surface area (TPSA) is 24.9 Å². The van der Waals surface area contributed by atoms with E-state index >= 15 is 0 Å². The number of nitrogens with zero attached hydrogens (tertiary/aromatic N) is 1. The van der Waals surface area contributed by atoms with Gasteiger partial charge >= 0.3 is 6.18 Å². The van der Waals surface area contributed by atoms with Crippen molar-refractivity contribution in [1.29, 1.82) is 0 Å². The summed E-state index contributed by atoms with van der Waals surface area (Å²) in [6, 6.07) is 9.06. The lowest BCUT2D eigenvalue weighted by molar-refractivity contribution is -0.151. The second-order valence-corrected chi connectivity index (χ2v) is 4.59.